The van der Waals surface area contributed by atoms with Crippen molar-refractivity contribution in [1.29, 1.82) is 0 Å². The van der Waals surface area contributed by atoms with Crippen molar-refractivity contribution in [3.05, 3.63) is 60.1 Å². The second-order valence-corrected chi connectivity index (χ2v) is 5.88. The van der Waals surface area contributed by atoms with Gasteiger partial charge in [-0.15, -0.1) is 0 Å². The normalized spacial score (nSPS) is 23.3. The highest BCUT2D eigenvalue weighted by Crippen LogP contribution is 2.26. The Morgan fingerprint density at radius 2 is 2.10 bits per heavy atom. The SMILES string of the molecule is CCCC1CN(Cc2ccoc2)C(c2ccccc2)CN1. The Kier molecular flexibility index (Phi) is 4.73. The van der Waals surface area contributed by atoms with Gasteiger partial charge in [0, 0.05) is 37.3 Å². The summed E-state index contributed by atoms with van der Waals surface area (Å²) in [5, 5.41) is 3.71. The standard InChI is InChI=1S/C18H24N2O/c1-2-6-17-13-20(12-15-9-10-21-14-15)18(11-19-17)16-7-4-3-5-8-16/h3-5,7-10,14,17-19H,2,6,11-13H2,1H3. The summed E-state index contributed by atoms with van der Waals surface area (Å²) in [6, 6.07) is 13.9. The molecule has 1 aromatic carbocycles. The highest BCUT2D eigenvalue weighted by atomic mass is 16.3. The van der Waals surface area contributed by atoms with Crippen molar-refractivity contribution in [3.63, 3.8) is 0 Å². The van der Waals surface area contributed by atoms with E-state index in [-0.39, 0.29) is 0 Å². The summed E-state index contributed by atoms with van der Waals surface area (Å²) in [5.41, 5.74) is 2.65. The average molecular weight is 284 g/mol. The van der Waals surface area contributed by atoms with Crippen LogP contribution < -0.4 is 5.32 Å². The lowest BCUT2D eigenvalue weighted by Gasteiger charge is -2.40. The molecule has 21 heavy (non-hydrogen) atoms. The van der Waals surface area contributed by atoms with Crippen LogP contribution in [-0.4, -0.2) is 24.0 Å². The van der Waals surface area contributed by atoms with Crippen molar-refractivity contribution >= 4 is 0 Å². The second-order valence-electron chi connectivity index (χ2n) is 5.88. The van der Waals surface area contributed by atoms with E-state index in [0.717, 1.165) is 19.6 Å². The Balaban J connectivity index is 1.77. The molecule has 0 aliphatic carbocycles. The molecule has 2 heterocycles. The first-order chi connectivity index (χ1) is 10.4. The minimum Gasteiger partial charge on any atom is -0.472 e. The summed E-state index contributed by atoms with van der Waals surface area (Å²) in [7, 11) is 0. The molecular formula is C18H24N2O. The zero-order valence-corrected chi connectivity index (χ0v) is 12.7. The molecule has 0 radical (unpaired) electrons. The van der Waals surface area contributed by atoms with E-state index < -0.39 is 0 Å². The van der Waals surface area contributed by atoms with E-state index >= 15 is 0 Å². The highest BCUT2D eigenvalue weighted by molar-refractivity contribution is 5.21. The average Bonchev–Trinajstić information content (AvgIpc) is 3.02. The molecule has 1 aliphatic heterocycles. The van der Waals surface area contributed by atoms with E-state index in [1.807, 2.05) is 6.26 Å². The van der Waals surface area contributed by atoms with Crippen molar-refractivity contribution in [2.45, 2.75) is 38.4 Å². The summed E-state index contributed by atoms with van der Waals surface area (Å²) < 4.78 is 5.23. The number of nitrogens with zero attached hydrogens (tertiary/aromatic N) is 1. The highest BCUT2D eigenvalue weighted by Gasteiger charge is 2.28. The van der Waals surface area contributed by atoms with Crippen LogP contribution in [0.1, 0.15) is 36.9 Å². The molecule has 2 unspecified atom stereocenters. The van der Waals surface area contributed by atoms with Crippen LogP contribution in [0.15, 0.2) is 53.3 Å². The van der Waals surface area contributed by atoms with Gasteiger partial charge in [-0.25, -0.2) is 0 Å². The molecule has 1 N–H and O–H groups in total. The van der Waals surface area contributed by atoms with Gasteiger partial charge in [0.25, 0.3) is 0 Å². The minimum absolute atomic E-state index is 0.439. The number of nitrogens with one attached hydrogen (secondary N) is 1. The number of furan rings is 1. The lowest BCUT2D eigenvalue weighted by atomic mass is 9.99. The van der Waals surface area contributed by atoms with Gasteiger partial charge in [-0.2, -0.15) is 0 Å². The maximum absolute atomic E-state index is 5.23. The third kappa shape index (κ3) is 3.55. The molecular weight excluding hydrogens is 260 g/mol. The maximum atomic E-state index is 5.23. The van der Waals surface area contributed by atoms with Gasteiger partial charge >= 0.3 is 0 Å². The van der Waals surface area contributed by atoms with E-state index in [2.05, 4.69) is 53.5 Å². The molecule has 0 saturated carbocycles. The number of hydrogen-bond acceptors (Lipinski definition) is 3. The van der Waals surface area contributed by atoms with Crippen LogP contribution >= 0.6 is 0 Å². The summed E-state index contributed by atoms with van der Waals surface area (Å²) in [4.78, 5) is 2.58. The Bertz CT molecular complexity index is 523. The van der Waals surface area contributed by atoms with Crippen LogP contribution in [0.2, 0.25) is 0 Å². The van der Waals surface area contributed by atoms with Crippen molar-refractivity contribution in [2.75, 3.05) is 13.1 Å². The minimum atomic E-state index is 0.439. The molecule has 112 valence electrons. The molecule has 1 aliphatic rings. The van der Waals surface area contributed by atoms with Crippen molar-refractivity contribution in [2.24, 2.45) is 0 Å². The van der Waals surface area contributed by atoms with Crippen LogP contribution in [0.4, 0.5) is 0 Å². The third-order valence-corrected chi connectivity index (χ3v) is 4.28. The first-order valence-corrected chi connectivity index (χ1v) is 7.90. The van der Waals surface area contributed by atoms with Gasteiger partial charge in [0.05, 0.1) is 12.5 Å². The van der Waals surface area contributed by atoms with Crippen molar-refractivity contribution < 1.29 is 4.42 Å². The zero-order chi connectivity index (χ0) is 14.5. The van der Waals surface area contributed by atoms with Gasteiger partial charge in [-0.1, -0.05) is 43.7 Å². The van der Waals surface area contributed by atoms with Gasteiger partial charge in [-0.3, -0.25) is 4.90 Å². The number of piperazine rings is 1. The van der Waals surface area contributed by atoms with Gasteiger partial charge in [0.1, 0.15) is 0 Å². The van der Waals surface area contributed by atoms with E-state index in [0.29, 0.717) is 12.1 Å². The van der Waals surface area contributed by atoms with E-state index in [9.17, 15) is 0 Å². The quantitative estimate of drug-likeness (QED) is 0.909. The van der Waals surface area contributed by atoms with Gasteiger partial charge in [-0.05, 0) is 18.1 Å². The first-order valence-electron chi connectivity index (χ1n) is 7.90. The summed E-state index contributed by atoms with van der Waals surface area (Å²) >= 11 is 0. The van der Waals surface area contributed by atoms with Gasteiger partial charge in [0.15, 0.2) is 0 Å². The second kappa shape index (κ2) is 6.92. The monoisotopic (exact) mass is 284 g/mol. The molecule has 1 saturated heterocycles. The lowest BCUT2D eigenvalue weighted by Crippen LogP contribution is -2.51. The largest absolute Gasteiger partial charge is 0.472 e. The molecule has 3 heteroatoms. The molecule has 0 amide bonds. The molecule has 3 nitrogen and oxygen atoms in total. The predicted molar refractivity (Wildman–Crippen MR) is 85.0 cm³/mol. The van der Waals surface area contributed by atoms with Crippen molar-refractivity contribution in [3.8, 4) is 0 Å². The molecule has 0 spiro atoms. The fourth-order valence-electron chi connectivity index (χ4n) is 3.22. The van der Waals surface area contributed by atoms with Crippen LogP contribution in [-0.2, 0) is 6.54 Å². The molecule has 1 aromatic heterocycles. The Morgan fingerprint density at radius 1 is 1.24 bits per heavy atom. The number of benzene rings is 1. The number of rotatable bonds is 5. The first kappa shape index (κ1) is 14.4. The molecule has 1 fully saturated rings. The third-order valence-electron chi connectivity index (χ3n) is 4.28. The Morgan fingerprint density at radius 3 is 2.81 bits per heavy atom. The lowest BCUT2D eigenvalue weighted by molar-refractivity contribution is 0.118. The molecule has 0 bridgehead atoms. The topological polar surface area (TPSA) is 28.4 Å². The summed E-state index contributed by atoms with van der Waals surface area (Å²) in [6.45, 7) is 5.33. The molecule has 3 rings (SSSR count). The summed E-state index contributed by atoms with van der Waals surface area (Å²) in [6.07, 6.45) is 6.09. The van der Waals surface area contributed by atoms with Crippen LogP contribution in [0.3, 0.4) is 0 Å². The summed E-state index contributed by atoms with van der Waals surface area (Å²) in [5.74, 6) is 0. The molecule has 2 atom stereocenters. The van der Waals surface area contributed by atoms with Gasteiger partial charge in [0.2, 0.25) is 0 Å². The van der Waals surface area contributed by atoms with E-state index in [1.54, 1.807) is 6.26 Å². The van der Waals surface area contributed by atoms with Crippen molar-refractivity contribution in [1.82, 2.24) is 10.2 Å². The maximum Gasteiger partial charge on any atom is 0.0947 e. The van der Waals surface area contributed by atoms with Crippen LogP contribution in [0.5, 0.6) is 0 Å². The zero-order valence-electron chi connectivity index (χ0n) is 12.7. The van der Waals surface area contributed by atoms with E-state index in [1.165, 1.54) is 24.0 Å². The predicted octanol–water partition coefficient (Wildman–Crippen LogP) is 3.59. The fraction of sp³-hybridized carbons (Fsp3) is 0.444. The number of hydrogen-bond donors (Lipinski definition) is 1. The fourth-order valence-corrected chi connectivity index (χ4v) is 3.22. The Labute approximate surface area is 127 Å². The Hall–Kier alpha value is -1.58. The smallest absolute Gasteiger partial charge is 0.0947 e. The molecule has 2 aromatic rings. The van der Waals surface area contributed by atoms with Crippen LogP contribution in [0.25, 0.3) is 0 Å². The van der Waals surface area contributed by atoms with Gasteiger partial charge < -0.3 is 9.73 Å². The van der Waals surface area contributed by atoms with E-state index in [4.69, 9.17) is 4.42 Å². The van der Waals surface area contributed by atoms with Crippen LogP contribution in [0, 0.1) is 0 Å².